The maximum absolute atomic E-state index is 12.2. The number of aliphatic carboxylic acids is 1. The highest BCUT2D eigenvalue weighted by Gasteiger charge is 2.31. The van der Waals surface area contributed by atoms with Gasteiger partial charge in [0.1, 0.15) is 0 Å². The van der Waals surface area contributed by atoms with Crippen molar-refractivity contribution in [3.63, 3.8) is 0 Å². The average molecular weight is 270 g/mol. The zero-order valence-electron chi connectivity index (χ0n) is 12.1. The van der Waals surface area contributed by atoms with Gasteiger partial charge in [-0.15, -0.1) is 0 Å². The summed E-state index contributed by atoms with van der Waals surface area (Å²) in [5, 5.41) is 8.85. The molecule has 1 amide bonds. The summed E-state index contributed by atoms with van der Waals surface area (Å²) in [6.07, 6.45) is 2.10. The number of hydrogen-bond acceptors (Lipinski definition) is 3. The molecule has 1 aliphatic rings. The Morgan fingerprint density at radius 1 is 1.37 bits per heavy atom. The second-order valence-corrected chi connectivity index (χ2v) is 6.03. The van der Waals surface area contributed by atoms with Crippen LogP contribution in [-0.2, 0) is 9.59 Å². The topological polar surface area (TPSA) is 83.6 Å². The molecule has 1 heterocycles. The van der Waals surface area contributed by atoms with Crippen LogP contribution in [0, 0.1) is 17.8 Å². The SMILES string of the molecule is CC(C)C(N)C(=O)N1CCCC(C(C)CC(=O)O)C1. The van der Waals surface area contributed by atoms with Crippen LogP contribution < -0.4 is 5.73 Å². The third-order valence-corrected chi connectivity index (χ3v) is 4.07. The first-order valence-electron chi connectivity index (χ1n) is 7.09. The number of nitrogens with zero attached hydrogens (tertiary/aromatic N) is 1. The Kier molecular flexibility index (Phi) is 5.79. The van der Waals surface area contributed by atoms with E-state index in [0.717, 1.165) is 19.4 Å². The normalized spacial score (nSPS) is 23.2. The number of nitrogens with two attached hydrogens (primary N) is 1. The molecule has 3 atom stereocenters. The molecule has 0 aromatic heterocycles. The first-order valence-corrected chi connectivity index (χ1v) is 7.09. The number of carbonyl (C=O) groups excluding carboxylic acids is 1. The minimum absolute atomic E-state index is 0.00206. The molecule has 0 spiro atoms. The molecule has 5 heteroatoms. The van der Waals surface area contributed by atoms with Gasteiger partial charge in [-0.25, -0.2) is 0 Å². The predicted molar refractivity (Wildman–Crippen MR) is 73.5 cm³/mol. The van der Waals surface area contributed by atoms with Gasteiger partial charge in [0, 0.05) is 19.5 Å². The van der Waals surface area contributed by atoms with E-state index in [2.05, 4.69) is 0 Å². The Morgan fingerprint density at radius 3 is 2.53 bits per heavy atom. The summed E-state index contributed by atoms with van der Waals surface area (Å²) in [6.45, 7) is 7.23. The number of rotatable bonds is 5. The van der Waals surface area contributed by atoms with Crippen LogP contribution in [0.25, 0.3) is 0 Å². The molecule has 0 aromatic rings. The zero-order chi connectivity index (χ0) is 14.6. The third kappa shape index (κ3) is 4.49. The smallest absolute Gasteiger partial charge is 0.303 e. The van der Waals surface area contributed by atoms with E-state index in [9.17, 15) is 9.59 Å². The van der Waals surface area contributed by atoms with E-state index in [1.165, 1.54) is 0 Å². The van der Waals surface area contributed by atoms with Gasteiger partial charge in [-0.05, 0) is 30.6 Å². The summed E-state index contributed by atoms with van der Waals surface area (Å²) < 4.78 is 0. The monoisotopic (exact) mass is 270 g/mol. The van der Waals surface area contributed by atoms with Gasteiger partial charge in [0.25, 0.3) is 0 Å². The van der Waals surface area contributed by atoms with Gasteiger partial charge in [-0.1, -0.05) is 20.8 Å². The van der Waals surface area contributed by atoms with Crippen molar-refractivity contribution < 1.29 is 14.7 Å². The summed E-state index contributed by atoms with van der Waals surface area (Å²) in [7, 11) is 0. The van der Waals surface area contributed by atoms with E-state index in [0.29, 0.717) is 6.54 Å². The highest BCUT2D eigenvalue weighted by Crippen LogP contribution is 2.26. The lowest BCUT2D eigenvalue weighted by Gasteiger charge is -2.37. The molecule has 1 aliphatic heterocycles. The second kappa shape index (κ2) is 6.89. The predicted octanol–water partition coefficient (Wildman–Crippen LogP) is 1.32. The zero-order valence-corrected chi connectivity index (χ0v) is 12.1. The van der Waals surface area contributed by atoms with Crippen molar-refractivity contribution in [2.45, 2.75) is 46.1 Å². The standard InChI is InChI=1S/C14H26N2O3/c1-9(2)13(15)14(19)16-6-4-5-11(8-16)10(3)7-12(17)18/h9-11,13H,4-8,15H2,1-3H3,(H,17,18). The Balaban J connectivity index is 2.59. The number of carboxylic acid groups (broad SMARTS) is 1. The van der Waals surface area contributed by atoms with E-state index in [1.807, 2.05) is 25.7 Å². The molecule has 0 aliphatic carbocycles. The van der Waals surface area contributed by atoms with Crippen molar-refractivity contribution in [2.75, 3.05) is 13.1 Å². The third-order valence-electron chi connectivity index (χ3n) is 4.07. The highest BCUT2D eigenvalue weighted by atomic mass is 16.4. The maximum atomic E-state index is 12.2. The van der Waals surface area contributed by atoms with Crippen molar-refractivity contribution in [1.82, 2.24) is 4.90 Å². The maximum Gasteiger partial charge on any atom is 0.303 e. The number of carbonyl (C=O) groups is 2. The number of piperidine rings is 1. The fourth-order valence-corrected chi connectivity index (χ4v) is 2.61. The van der Waals surface area contributed by atoms with Crippen LogP contribution in [0.4, 0.5) is 0 Å². The quantitative estimate of drug-likeness (QED) is 0.789. The van der Waals surface area contributed by atoms with E-state index < -0.39 is 12.0 Å². The minimum atomic E-state index is -0.769. The molecule has 1 saturated heterocycles. The first kappa shape index (κ1) is 16.0. The number of hydrogen-bond donors (Lipinski definition) is 2. The molecule has 3 unspecified atom stereocenters. The summed E-state index contributed by atoms with van der Waals surface area (Å²) in [4.78, 5) is 24.8. The molecule has 0 saturated carbocycles. The Hall–Kier alpha value is -1.10. The van der Waals surface area contributed by atoms with Crippen LogP contribution in [0.2, 0.25) is 0 Å². The Morgan fingerprint density at radius 2 is 2.00 bits per heavy atom. The summed E-state index contributed by atoms with van der Waals surface area (Å²) in [6, 6.07) is -0.450. The lowest BCUT2D eigenvalue weighted by Crippen LogP contribution is -2.50. The van der Waals surface area contributed by atoms with Crippen LogP contribution in [-0.4, -0.2) is 41.0 Å². The molecule has 1 rings (SSSR count). The minimum Gasteiger partial charge on any atom is -0.481 e. The van der Waals surface area contributed by atoms with Crippen molar-refractivity contribution in [1.29, 1.82) is 0 Å². The van der Waals surface area contributed by atoms with Gasteiger partial charge < -0.3 is 15.7 Å². The van der Waals surface area contributed by atoms with Crippen molar-refractivity contribution in [2.24, 2.45) is 23.5 Å². The van der Waals surface area contributed by atoms with Gasteiger partial charge in [0.05, 0.1) is 6.04 Å². The van der Waals surface area contributed by atoms with Gasteiger partial charge in [0.15, 0.2) is 0 Å². The molecule has 19 heavy (non-hydrogen) atoms. The number of carboxylic acids is 1. The fraction of sp³-hybridized carbons (Fsp3) is 0.857. The van der Waals surface area contributed by atoms with Crippen molar-refractivity contribution >= 4 is 11.9 Å². The molecular formula is C14H26N2O3. The van der Waals surface area contributed by atoms with Crippen LogP contribution in [0.15, 0.2) is 0 Å². The Labute approximate surface area is 115 Å². The van der Waals surface area contributed by atoms with E-state index in [-0.39, 0.29) is 30.1 Å². The second-order valence-electron chi connectivity index (χ2n) is 6.03. The lowest BCUT2D eigenvalue weighted by atomic mass is 9.84. The molecule has 3 N–H and O–H groups in total. The molecule has 0 radical (unpaired) electrons. The van der Waals surface area contributed by atoms with E-state index in [4.69, 9.17) is 10.8 Å². The van der Waals surface area contributed by atoms with Crippen LogP contribution >= 0.6 is 0 Å². The number of likely N-dealkylation sites (tertiary alicyclic amines) is 1. The van der Waals surface area contributed by atoms with Gasteiger partial charge in [0.2, 0.25) is 5.91 Å². The highest BCUT2D eigenvalue weighted by molar-refractivity contribution is 5.82. The van der Waals surface area contributed by atoms with Gasteiger partial charge in [-0.2, -0.15) is 0 Å². The van der Waals surface area contributed by atoms with E-state index in [1.54, 1.807) is 0 Å². The summed E-state index contributed by atoms with van der Waals surface area (Å²) >= 11 is 0. The largest absolute Gasteiger partial charge is 0.481 e. The first-order chi connectivity index (χ1) is 8.82. The number of amides is 1. The van der Waals surface area contributed by atoms with Crippen molar-refractivity contribution in [3.05, 3.63) is 0 Å². The lowest BCUT2D eigenvalue weighted by molar-refractivity contribution is -0.139. The van der Waals surface area contributed by atoms with Gasteiger partial charge >= 0.3 is 5.97 Å². The van der Waals surface area contributed by atoms with Crippen LogP contribution in [0.5, 0.6) is 0 Å². The molecule has 0 aromatic carbocycles. The van der Waals surface area contributed by atoms with Crippen LogP contribution in [0.3, 0.4) is 0 Å². The van der Waals surface area contributed by atoms with Crippen LogP contribution in [0.1, 0.15) is 40.0 Å². The Bertz CT molecular complexity index is 331. The van der Waals surface area contributed by atoms with E-state index >= 15 is 0 Å². The average Bonchev–Trinajstić information content (AvgIpc) is 2.36. The van der Waals surface area contributed by atoms with Gasteiger partial charge in [-0.3, -0.25) is 9.59 Å². The van der Waals surface area contributed by atoms with Crippen molar-refractivity contribution in [3.8, 4) is 0 Å². The summed E-state index contributed by atoms with van der Waals surface area (Å²) in [5.41, 5.74) is 5.91. The molecule has 5 nitrogen and oxygen atoms in total. The molecular weight excluding hydrogens is 244 g/mol. The molecule has 0 bridgehead atoms. The molecule has 110 valence electrons. The fourth-order valence-electron chi connectivity index (χ4n) is 2.61. The molecule has 1 fully saturated rings. The summed E-state index contributed by atoms with van der Waals surface area (Å²) in [5.74, 6) is -0.266.